The lowest BCUT2D eigenvalue weighted by molar-refractivity contribution is 0.576. The average molecular weight is 340 g/mol. The molecule has 0 radical (unpaired) electrons. The van der Waals surface area contributed by atoms with Gasteiger partial charge in [0.05, 0.1) is 0 Å². The molecule has 0 aliphatic heterocycles. The van der Waals surface area contributed by atoms with Gasteiger partial charge in [-0.3, -0.25) is 0 Å². The lowest BCUT2D eigenvalue weighted by atomic mass is 10.0. The quantitative estimate of drug-likeness (QED) is 0.666. The number of nitrogens with one attached hydrogen (secondary N) is 1. The Labute approximate surface area is 134 Å². The summed E-state index contributed by atoms with van der Waals surface area (Å²) in [7, 11) is 0. The summed E-state index contributed by atoms with van der Waals surface area (Å²) >= 11 is 3.48. The second-order valence-electron chi connectivity index (χ2n) is 5.29. The number of halogens is 1. The molecule has 0 aromatic heterocycles. The highest BCUT2D eigenvalue weighted by Gasteiger charge is 2.06. The first-order valence-corrected chi connectivity index (χ1v) is 7.99. The molecule has 3 rings (SSSR count). The fraction of sp³-hybridized carbons (Fsp3) is 0.158. The normalized spacial score (nSPS) is 12.5. The van der Waals surface area contributed by atoms with Gasteiger partial charge < -0.3 is 5.32 Å². The molecule has 0 heterocycles. The van der Waals surface area contributed by atoms with E-state index >= 15 is 0 Å². The maximum atomic E-state index is 3.61. The smallest absolute Gasteiger partial charge is 0.0294 e. The van der Waals surface area contributed by atoms with Crippen LogP contribution >= 0.6 is 15.9 Å². The van der Waals surface area contributed by atoms with Crippen LogP contribution in [0.1, 0.15) is 24.1 Å². The van der Waals surface area contributed by atoms with E-state index in [1.54, 1.807) is 0 Å². The fourth-order valence-corrected chi connectivity index (χ4v) is 2.84. The lowest BCUT2D eigenvalue weighted by Gasteiger charge is -2.15. The Morgan fingerprint density at radius 3 is 2.43 bits per heavy atom. The summed E-state index contributed by atoms with van der Waals surface area (Å²) < 4.78 is 1.12. The molecule has 0 aliphatic rings. The zero-order valence-corrected chi connectivity index (χ0v) is 13.6. The maximum Gasteiger partial charge on any atom is 0.0294 e. The Kier molecular flexibility index (Phi) is 4.37. The van der Waals surface area contributed by atoms with Crippen molar-refractivity contribution in [2.75, 3.05) is 0 Å². The van der Waals surface area contributed by atoms with Gasteiger partial charge in [-0.15, -0.1) is 0 Å². The largest absolute Gasteiger partial charge is 0.306 e. The van der Waals surface area contributed by atoms with Crippen molar-refractivity contribution < 1.29 is 0 Å². The molecule has 0 amide bonds. The summed E-state index contributed by atoms with van der Waals surface area (Å²) in [6, 6.07) is 23.9. The third kappa shape index (κ3) is 3.34. The molecule has 0 aliphatic carbocycles. The Morgan fingerprint density at radius 2 is 1.62 bits per heavy atom. The molecule has 0 spiro atoms. The second-order valence-corrected chi connectivity index (χ2v) is 6.21. The second kappa shape index (κ2) is 6.42. The standard InChI is InChI=1S/C19H18BrN/c1-14(15-9-11-18(20)12-10-15)21-13-17-7-4-6-16-5-2-3-8-19(16)17/h2-12,14,21H,13H2,1H3. The van der Waals surface area contributed by atoms with E-state index in [-0.39, 0.29) is 0 Å². The summed E-state index contributed by atoms with van der Waals surface area (Å²) in [5.41, 5.74) is 2.65. The van der Waals surface area contributed by atoms with E-state index in [0.29, 0.717) is 6.04 Å². The molecule has 21 heavy (non-hydrogen) atoms. The molecule has 1 atom stereocenters. The van der Waals surface area contributed by atoms with E-state index < -0.39 is 0 Å². The van der Waals surface area contributed by atoms with Gasteiger partial charge in [-0.2, -0.15) is 0 Å². The molecule has 0 saturated heterocycles. The zero-order chi connectivity index (χ0) is 14.7. The third-order valence-electron chi connectivity index (χ3n) is 3.85. The summed E-state index contributed by atoms with van der Waals surface area (Å²) in [6.45, 7) is 3.08. The van der Waals surface area contributed by atoms with E-state index in [9.17, 15) is 0 Å². The molecule has 2 heteroatoms. The van der Waals surface area contributed by atoms with Crippen molar-refractivity contribution in [2.24, 2.45) is 0 Å². The van der Waals surface area contributed by atoms with Gasteiger partial charge in [0.2, 0.25) is 0 Å². The predicted molar refractivity (Wildman–Crippen MR) is 93.3 cm³/mol. The molecule has 0 saturated carbocycles. The van der Waals surface area contributed by atoms with Crippen LogP contribution in [0, 0.1) is 0 Å². The van der Waals surface area contributed by atoms with Crippen LogP contribution in [0.4, 0.5) is 0 Å². The van der Waals surface area contributed by atoms with Gasteiger partial charge in [0.15, 0.2) is 0 Å². The van der Waals surface area contributed by atoms with Crippen molar-refractivity contribution in [1.29, 1.82) is 0 Å². The molecular formula is C19H18BrN. The topological polar surface area (TPSA) is 12.0 Å². The average Bonchev–Trinajstić information content (AvgIpc) is 2.53. The van der Waals surface area contributed by atoms with Crippen LogP contribution in [0.3, 0.4) is 0 Å². The van der Waals surface area contributed by atoms with Gasteiger partial charge >= 0.3 is 0 Å². The summed E-state index contributed by atoms with van der Waals surface area (Å²) in [4.78, 5) is 0. The number of rotatable bonds is 4. The van der Waals surface area contributed by atoms with E-state index in [1.807, 2.05) is 0 Å². The molecule has 0 bridgehead atoms. The van der Waals surface area contributed by atoms with Crippen molar-refractivity contribution in [3.8, 4) is 0 Å². The first-order valence-electron chi connectivity index (χ1n) is 7.19. The van der Waals surface area contributed by atoms with Gasteiger partial charge in [0.1, 0.15) is 0 Å². The SMILES string of the molecule is CC(NCc1cccc2ccccc12)c1ccc(Br)cc1. The van der Waals surface area contributed by atoms with Crippen LogP contribution in [0.2, 0.25) is 0 Å². The minimum Gasteiger partial charge on any atom is -0.306 e. The Hall–Kier alpha value is -1.64. The number of fused-ring (bicyclic) bond motifs is 1. The Morgan fingerprint density at radius 1 is 0.905 bits per heavy atom. The minimum atomic E-state index is 0.331. The highest BCUT2D eigenvalue weighted by atomic mass is 79.9. The number of hydrogen-bond acceptors (Lipinski definition) is 1. The van der Waals surface area contributed by atoms with Crippen molar-refractivity contribution >= 4 is 26.7 Å². The first kappa shape index (κ1) is 14.3. The molecule has 1 unspecified atom stereocenters. The van der Waals surface area contributed by atoms with Crippen LogP contribution in [0.5, 0.6) is 0 Å². The molecule has 0 fully saturated rings. The Balaban J connectivity index is 1.76. The van der Waals surface area contributed by atoms with Gasteiger partial charge in [-0.25, -0.2) is 0 Å². The number of hydrogen-bond donors (Lipinski definition) is 1. The summed E-state index contributed by atoms with van der Waals surface area (Å²) in [5.74, 6) is 0. The van der Waals surface area contributed by atoms with E-state index in [1.165, 1.54) is 21.9 Å². The predicted octanol–water partition coefficient (Wildman–Crippen LogP) is 5.45. The molecule has 3 aromatic rings. The van der Waals surface area contributed by atoms with Gasteiger partial charge in [0.25, 0.3) is 0 Å². The highest BCUT2D eigenvalue weighted by molar-refractivity contribution is 9.10. The lowest BCUT2D eigenvalue weighted by Crippen LogP contribution is -2.18. The number of benzene rings is 3. The summed E-state index contributed by atoms with van der Waals surface area (Å²) in [6.07, 6.45) is 0. The van der Waals surface area contributed by atoms with Crippen LogP contribution in [0.15, 0.2) is 71.2 Å². The molecule has 3 aromatic carbocycles. The monoisotopic (exact) mass is 339 g/mol. The molecule has 106 valence electrons. The van der Waals surface area contributed by atoms with Crippen molar-refractivity contribution in [3.63, 3.8) is 0 Å². The van der Waals surface area contributed by atoms with Gasteiger partial charge in [0, 0.05) is 17.1 Å². The van der Waals surface area contributed by atoms with E-state index in [0.717, 1.165) is 11.0 Å². The zero-order valence-electron chi connectivity index (χ0n) is 12.0. The Bertz CT molecular complexity index is 729. The van der Waals surface area contributed by atoms with Crippen LogP contribution < -0.4 is 5.32 Å². The molecule has 1 nitrogen and oxygen atoms in total. The van der Waals surface area contributed by atoms with Gasteiger partial charge in [-0.1, -0.05) is 70.5 Å². The van der Waals surface area contributed by atoms with Crippen LogP contribution in [-0.2, 0) is 6.54 Å². The van der Waals surface area contributed by atoms with Crippen molar-refractivity contribution in [2.45, 2.75) is 19.5 Å². The van der Waals surface area contributed by atoms with E-state index in [4.69, 9.17) is 0 Å². The first-order chi connectivity index (χ1) is 10.2. The van der Waals surface area contributed by atoms with Crippen molar-refractivity contribution in [1.82, 2.24) is 5.32 Å². The maximum absolute atomic E-state index is 3.61. The van der Waals surface area contributed by atoms with Crippen LogP contribution in [0.25, 0.3) is 10.8 Å². The highest BCUT2D eigenvalue weighted by Crippen LogP contribution is 2.20. The third-order valence-corrected chi connectivity index (χ3v) is 4.38. The molecular weight excluding hydrogens is 322 g/mol. The minimum absolute atomic E-state index is 0.331. The van der Waals surface area contributed by atoms with Crippen molar-refractivity contribution in [3.05, 3.63) is 82.3 Å². The molecule has 1 N–H and O–H groups in total. The summed E-state index contributed by atoms with van der Waals surface area (Å²) in [5, 5.41) is 6.24. The fourth-order valence-electron chi connectivity index (χ4n) is 2.58. The van der Waals surface area contributed by atoms with Crippen LogP contribution in [-0.4, -0.2) is 0 Å². The van der Waals surface area contributed by atoms with E-state index in [2.05, 4.69) is 94.9 Å². The van der Waals surface area contributed by atoms with Gasteiger partial charge in [-0.05, 0) is 41.0 Å².